The third-order valence-corrected chi connectivity index (χ3v) is 5.60. The van der Waals surface area contributed by atoms with Gasteiger partial charge in [0.1, 0.15) is 5.82 Å². The Morgan fingerprint density at radius 3 is 2.58 bits per heavy atom. The number of hydrogen-bond donors (Lipinski definition) is 0. The zero-order valence-corrected chi connectivity index (χ0v) is 17.7. The fraction of sp³-hybridized carbons (Fsp3) is 0.208. The zero-order valence-electron chi connectivity index (χ0n) is 17.0. The molecule has 0 spiro atoms. The van der Waals surface area contributed by atoms with Crippen LogP contribution in [0.25, 0.3) is 16.9 Å². The molecule has 1 fully saturated rings. The summed E-state index contributed by atoms with van der Waals surface area (Å²) in [6.07, 6.45) is 1.80. The Bertz CT molecular complexity index is 1220. The van der Waals surface area contributed by atoms with Crippen LogP contribution in [-0.2, 0) is 11.3 Å². The van der Waals surface area contributed by atoms with Crippen LogP contribution in [-0.4, -0.2) is 47.1 Å². The van der Waals surface area contributed by atoms with E-state index in [1.807, 2.05) is 53.0 Å². The summed E-state index contributed by atoms with van der Waals surface area (Å²) in [6.45, 7) is 3.52. The van der Waals surface area contributed by atoms with Gasteiger partial charge in [-0.25, -0.2) is 4.98 Å². The van der Waals surface area contributed by atoms with Gasteiger partial charge in [0, 0.05) is 47.6 Å². The molecular weight excluding hydrogens is 410 g/mol. The number of aromatic nitrogens is 3. The van der Waals surface area contributed by atoms with Crippen molar-refractivity contribution >= 4 is 29.3 Å². The first-order valence-electron chi connectivity index (χ1n) is 10.3. The van der Waals surface area contributed by atoms with E-state index in [-0.39, 0.29) is 0 Å². The molecule has 31 heavy (non-hydrogen) atoms. The monoisotopic (exact) mass is 431 g/mol. The highest BCUT2D eigenvalue weighted by molar-refractivity contribution is 6.33. The molecule has 1 aliphatic heterocycles. The summed E-state index contributed by atoms with van der Waals surface area (Å²) in [5, 5.41) is 5.54. The van der Waals surface area contributed by atoms with E-state index in [4.69, 9.17) is 26.4 Å². The number of rotatable bonds is 5. The lowest BCUT2D eigenvalue weighted by atomic mass is 10.2. The third-order valence-electron chi connectivity index (χ3n) is 5.25. The molecule has 0 saturated carbocycles. The van der Waals surface area contributed by atoms with Crippen LogP contribution in [0.1, 0.15) is 11.3 Å². The van der Waals surface area contributed by atoms with Crippen molar-refractivity contribution in [3.05, 3.63) is 83.0 Å². The molecule has 0 atom stereocenters. The molecule has 2 aromatic carbocycles. The van der Waals surface area contributed by atoms with Gasteiger partial charge in [0.2, 0.25) is 0 Å². The topological polar surface area (TPSA) is 55.0 Å². The van der Waals surface area contributed by atoms with Crippen molar-refractivity contribution in [3.63, 3.8) is 0 Å². The summed E-state index contributed by atoms with van der Waals surface area (Å²) in [7, 11) is 0. The van der Waals surface area contributed by atoms with Gasteiger partial charge < -0.3 is 9.64 Å². The Morgan fingerprint density at radius 2 is 1.77 bits per heavy atom. The highest BCUT2D eigenvalue weighted by atomic mass is 35.5. The van der Waals surface area contributed by atoms with Crippen molar-refractivity contribution in [2.75, 3.05) is 31.2 Å². The van der Waals surface area contributed by atoms with E-state index in [2.05, 4.69) is 28.1 Å². The van der Waals surface area contributed by atoms with Crippen molar-refractivity contribution in [1.29, 1.82) is 0 Å². The molecular formula is C24H22ClN5O. The maximum Gasteiger partial charge on any atom is 0.158 e. The van der Waals surface area contributed by atoms with Gasteiger partial charge >= 0.3 is 0 Å². The molecule has 0 amide bonds. The Kier molecular flexibility index (Phi) is 5.65. The zero-order chi connectivity index (χ0) is 21.0. The number of hydrogen-bond acceptors (Lipinski definition) is 5. The maximum absolute atomic E-state index is 6.23. The highest BCUT2D eigenvalue weighted by Crippen LogP contribution is 2.24. The first-order chi connectivity index (χ1) is 15.3. The Balaban J connectivity index is 1.51. The minimum atomic E-state index is 0.463. The average molecular weight is 432 g/mol. The van der Waals surface area contributed by atoms with Crippen molar-refractivity contribution in [1.82, 2.24) is 14.6 Å². The van der Waals surface area contributed by atoms with Crippen LogP contribution >= 0.6 is 11.6 Å². The number of anilines is 1. The number of ether oxygens (including phenoxy) is 1. The smallest absolute Gasteiger partial charge is 0.158 e. The first kappa shape index (κ1) is 19.7. The van der Waals surface area contributed by atoms with E-state index < -0.39 is 0 Å². The molecule has 2 aromatic heterocycles. The Hall–Kier alpha value is -3.22. The predicted molar refractivity (Wildman–Crippen MR) is 124 cm³/mol. The van der Waals surface area contributed by atoms with Gasteiger partial charge in [0.05, 0.1) is 31.1 Å². The van der Waals surface area contributed by atoms with E-state index >= 15 is 0 Å². The van der Waals surface area contributed by atoms with Gasteiger partial charge in [0.25, 0.3) is 0 Å². The van der Waals surface area contributed by atoms with E-state index in [0.29, 0.717) is 24.8 Å². The van der Waals surface area contributed by atoms with Crippen LogP contribution in [0.5, 0.6) is 0 Å². The summed E-state index contributed by atoms with van der Waals surface area (Å²) in [6, 6.07) is 21.9. The molecule has 1 saturated heterocycles. The number of aliphatic imine (C=N–C) groups is 1. The van der Waals surface area contributed by atoms with Gasteiger partial charge in [-0.2, -0.15) is 9.61 Å². The van der Waals surface area contributed by atoms with E-state index in [0.717, 1.165) is 47.1 Å². The molecule has 4 aromatic rings. The van der Waals surface area contributed by atoms with Gasteiger partial charge in [-0.05, 0) is 6.07 Å². The predicted octanol–water partition coefficient (Wildman–Crippen LogP) is 4.51. The summed E-state index contributed by atoms with van der Waals surface area (Å²) >= 11 is 6.23. The summed E-state index contributed by atoms with van der Waals surface area (Å²) < 4.78 is 7.47. The number of benzene rings is 2. The Morgan fingerprint density at radius 1 is 1.00 bits per heavy atom. The standard InChI is InChI=1S/C24H22ClN5O/c25-21-9-5-4-8-19(21)16-26-17-20-14-24(29-10-12-31-13-11-29)30-23(27-20)15-22(28-30)18-6-2-1-3-7-18/h1-9,14-16H,10-13,17H2. The van der Waals surface area contributed by atoms with Crippen LogP contribution in [0, 0.1) is 0 Å². The molecule has 0 bridgehead atoms. The lowest BCUT2D eigenvalue weighted by Crippen LogP contribution is -2.37. The van der Waals surface area contributed by atoms with Crippen LogP contribution in [0.15, 0.2) is 71.7 Å². The van der Waals surface area contributed by atoms with Crippen molar-refractivity contribution in [3.8, 4) is 11.3 Å². The number of halogens is 1. The van der Waals surface area contributed by atoms with Crippen LogP contribution < -0.4 is 4.90 Å². The van der Waals surface area contributed by atoms with Gasteiger partial charge in [-0.3, -0.25) is 4.99 Å². The molecule has 6 nitrogen and oxygen atoms in total. The lowest BCUT2D eigenvalue weighted by molar-refractivity contribution is 0.122. The van der Waals surface area contributed by atoms with Gasteiger partial charge in [-0.1, -0.05) is 60.1 Å². The number of fused-ring (bicyclic) bond motifs is 1. The highest BCUT2D eigenvalue weighted by Gasteiger charge is 2.18. The second-order valence-corrected chi connectivity index (χ2v) is 7.77. The summed E-state index contributed by atoms with van der Waals surface area (Å²) in [5.41, 5.74) is 4.57. The SMILES string of the molecule is Clc1ccccc1C=NCc1cc(N2CCOCC2)n2nc(-c3ccccc3)cc2n1. The number of morpholine rings is 1. The normalized spacial score (nSPS) is 14.5. The van der Waals surface area contributed by atoms with Crippen LogP contribution in [0.4, 0.5) is 5.82 Å². The second kappa shape index (κ2) is 8.88. The van der Waals surface area contributed by atoms with Crippen LogP contribution in [0.3, 0.4) is 0 Å². The minimum absolute atomic E-state index is 0.463. The van der Waals surface area contributed by atoms with Crippen molar-refractivity contribution < 1.29 is 4.74 Å². The fourth-order valence-corrected chi connectivity index (χ4v) is 3.86. The van der Waals surface area contributed by atoms with Crippen LogP contribution in [0.2, 0.25) is 5.02 Å². The minimum Gasteiger partial charge on any atom is -0.378 e. The molecule has 0 radical (unpaired) electrons. The maximum atomic E-state index is 6.23. The molecule has 5 rings (SSSR count). The molecule has 156 valence electrons. The van der Waals surface area contributed by atoms with E-state index in [1.54, 1.807) is 6.21 Å². The summed E-state index contributed by atoms with van der Waals surface area (Å²) in [4.78, 5) is 11.7. The molecule has 0 unspecified atom stereocenters. The largest absolute Gasteiger partial charge is 0.378 e. The molecule has 3 heterocycles. The molecule has 1 aliphatic rings. The quantitative estimate of drug-likeness (QED) is 0.436. The van der Waals surface area contributed by atoms with Gasteiger partial charge in [0.15, 0.2) is 5.65 Å². The molecule has 0 aliphatic carbocycles. The fourth-order valence-electron chi connectivity index (χ4n) is 3.68. The lowest BCUT2D eigenvalue weighted by Gasteiger charge is -2.29. The number of nitrogens with zero attached hydrogens (tertiary/aromatic N) is 5. The summed E-state index contributed by atoms with van der Waals surface area (Å²) in [5.74, 6) is 1.01. The second-order valence-electron chi connectivity index (χ2n) is 7.36. The average Bonchev–Trinajstić information content (AvgIpc) is 3.25. The van der Waals surface area contributed by atoms with E-state index in [9.17, 15) is 0 Å². The molecule has 0 N–H and O–H groups in total. The van der Waals surface area contributed by atoms with Crippen molar-refractivity contribution in [2.45, 2.75) is 6.54 Å². The molecule has 7 heteroatoms. The first-order valence-corrected chi connectivity index (χ1v) is 10.7. The third kappa shape index (κ3) is 4.31. The van der Waals surface area contributed by atoms with E-state index in [1.165, 1.54) is 0 Å². The Labute approximate surface area is 185 Å². The van der Waals surface area contributed by atoms with Gasteiger partial charge in [-0.15, -0.1) is 0 Å². The van der Waals surface area contributed by atoms with Crippen molar-refractivity contribution in [2.24, 2.45) is 4.99 Å².